The number of sulfonamides is 1. The first-order chi connectivity index (χ1) is 17.2. The number of rotatable bonds is 6. The minimum atomic E-state index is -3.66. The summed E-state index contributed by atoms with van der Waals surface area (Å²) in [7, 11) is -3.66. The molecule has 1 aliphatic heterocycles. The van der Waals surface area contributed by atoms with Crippen LogP contribution in [0.4, 0.5) is 17.3 Å². The number of aromatic nitrogens is 3. The number of pyridine rings is 1. The second-order valence-electron chi connectivity index (χ2n) is 9.91. The number of fused-ring (bicyclic) bond motifs is 1. The minimum absolute atomic E-state index is 0.204. The van der Waals surface area contributed by atoms with Gasteiger partial charge in [0, 0.05) is 48.7 Å². The monoisotopic (exact) mass is 505 g/mol. The molecular weight excluding hydrogens is 474 g/mol. The Morgan fingerprint density at radius 3 is 2.39 bits per heavy atom. The molecule has 188 valence electrons. The molecule has 0 amide bonds. The van der Waals surface area contributed by atoms with Gasteiger partial charge in [0.15, 0.2) is 5.65 Å². The van der Waals surface area contributed by atoms with Crippen LogP contribution < -0.4 is 20.3 Å². The smallest absolute Gasteiger partial charge is 0.247 e. The van der Waals surface area contributed by atoms with Crippen molar-refractivity contribution in [2.24, 2.45) is 0 Å². The lowest BCUT2D eigenvalue weighted by molar-refractivity contribution is 0.491. The number of hydrogen-bond acceptors (Lipinski definition) is 7. The Bertz CT molecular complexity index is 1470. The summed E-state index contributed by atoms with van der Waals surface area (Å²) >= 11 is 0. The van der Waals surface area contributed by atoms with Crippen molar-refractivity contribution in [1.82, 2.24) is 24.6 Å². The largest absolute Gasteiger partial charge is 0.369 e. The Balaban J connectivity index is 1.41. The second-order valence-corrected chi connectivity index (χ2v) is 11.6. The van der Waals surface area contributed by atoms with Crippen LogP contribution in [-0.2, 0) is 10.0 Å². The van der Waals surface area contributed by atoms with E-state index in [1.165, 1.54) is 5.69 Å². The Morgan fingerprint density at radius 2 is 1.67 bits per heavy atom. The predicted octanol–water partition coefficient (Wildman–Crippen LogP) is 3.63. The van der Waals surface area contributed by atoms with E-state index in [4.69, 9.17) is 0 Å². The van der Waals surface area contributed by atoms with Gasteiger partial charge in [-0.2, -0.15) is 4.98 Å². The van der Waals surface area contributed by atoms with Crippen LogP contribution in [0.5, 0.6) is 0 Å². The first-order valence-corrected chi connectivity index (χ1v) is 13.5. The summed E-state index contributed by atoms with van der Waals surface area (Å²) in [5, 5.41) is 11.3. The average molecular weight is 506 g/mol. The third-order valence-corrected chi connectivity index (χ3v) is 7.60. The van der Waals surface area contributed by atoms with Crippen LogP contribution in [0.15, 0.2) is 71.6 Å². The molecule has 0 bridgehead atoms. The van der Waals surface area contributed by atoms with E-state index in [0.717, 1.165) is 43.1 Å². The molecule has 3 heterocycles. The lowest BCUT2D eigenvalue weighted by Crippen LogP contribution is -2.43. The van der Waals surface area contributed by atoms with Crippen LogP contribution in [0, 0.1) is 0 Å². The number of nitrogens with zero attached hydrogens (tertiary/aromatic N) is 4. The Hall–Kier alpha value is -3.47. The number of nitrogens with one attached hydrogen (secondary N) is 3. The van der Waals surface area contributed by atoms with Gasteiger partial charge in [-0.3, -0.25) is 0 Å². The van der Waals surface area contributed by atoms with Crippen molar-refractivity contribution >= 4 is 33.0 Å². The van der Waals surface area contributed by atoms with Crippen LogP contribution in [0.1, 0.15) is 20.8 Å². The van der Waals surface area contributed by atoms with Crippen LogP contribution in [0.2, 0.25) is 0 Å². The van der Waals surface area contributed by atoms with Crippen molar-refractivity contribution in [3.8, 4) is 11.3 Å². The molecule has 1 saturated heterocycles. The second kappa shape index (κ2) is 9.53. The van der Waals surface area contributed by atoms with E-state index in [-0.39, 0.29) is 4.90 Å². The molecule has 3 N–H and O–H groups in total. The highest BCUT2D eigenvalue weighted by Crippen LogP contribution is 2.26. The van der Waals surface area contributed by atoms with Crippen LogP contribution in [0.25, 0.3) is 16.9 Å². The molecular formula is C26H31N7O2S. The standard InChI is InChI=1S/C26H31N7O2S/c1-26(2,3)31-36(34,35)22-7-4-6-19(18-22)23-8-5-9-24-29-25(30-33(23)24)28-20-10-12-21(13-11-20)32-16-14-27-15-17-32/h4-13,18,27,31H,14-17H2,1-3H3,(H,28,30). The highest BCUT2D eigenvalue weighted by Gasteiger charge is 2.22. The summed E-state index contributed by atoms with van der Waals surface area (Å²) in [6.07, 6.45) is 0. The fraction of sp³-hybridized carbons (Fsp3) is 0.308. The normalized spacial score (nSPS) is 14.8. The lowest BCUT2D eigenvalue weighted by atomic mass is 10.1. The summed E-state index contributed by atoms with van der Waals surface area (Å²) in [5.41, 5.74) is 3.65. The van der Waals surface area contributed by atoms with Gasteiger partial charge in [-0.05, 0) is 69.3 Å². The molecule has 2 aromatic heterocycles. The molecule has 0 unspecified atom stereocenters. The summed E-state index contributed by atoms with van der Waals surface area (Å²) < 4.78 is 30.2. The van der Waals surface area contributed by atoms with Crippen molar-refractivity contribution in [2.45, 2.75) is 31.2 Å². The maximum atomic E-state index is 12.9. The van der Waals surface area contributed by atoms with Crippen molar-refractivity contribution < 1.29 is 8.42 Å². The van der Waals surface area contributed by atoms with Gasteiger partial charge in [-0.15, -0.1) is 5.10 Å². The number of hydrogen-bond donors (Lipinski definition) is 3. The highest BCUT2D eigenvalue weighted by atomic mass is 32.2. The molecule has 1 fully saturated rings. The Kier molecular flexibility index (Phi) is 6.42. The number of anilines is 3. The number of piperazine rings is 1. The maximum Gasteiger partial charge on any atom is 0.247 e. The van der Waals surface area contributed by atoms with E-state index in [9.17, 15) is 8.42 Å². The number of benzene rings is 2. The van der Waals surface area contributed by atoms with Gasteiger partial charge >= 0.3 is 0 Å². The van der Waals surface area contributed by atoms with E-state index in [2.05, 4.69) is 42.5 Å². The fourth-order valence-electron chi connectivity index (χ4n) is 4.27. The predicted molar refractivity (Wildman–Crippen MR) is 143 cm³/mol. The van der Waals surface area contributed by atoms with Crippen LogP contribution >= 0.6 is 0 Å². The topological polar surface area (TPSA) is 104 Å². The molecule has 1 aliphatic rings. The van der Waals surface area contributed by atoms with Gasteiger partial charge in [0.25, 0.3) is 0 Å². The molecule has 0 saturated carbocycles. The zero-order valence-electron chi connectivity index (χ0n) is 20.7. The molecule has 0 aliphatic carbocycles. The van der Waals surface area contributed by atoms with Gasteiger partial charge in [0.1, 0.15) is 0 Å². The summed E-state index contributed by atoms with van der Waals surface area (Å²) in [4.78, 5) is 7.18. The molecule has 4 aromatic rings. The molecule has 0 spiro atoms. The average Bonchev–Trinajstić information content (AvgIpc) is 3.26. The molecule has 0 radical (unpaired) electrons. The zero-order chi connectivity index (χ0) is 25.3. The van der Waals surface area contributed by atoms with Crippen LogP contribution in [-0.4, -0.2) is 54.7 Å². The van der Waals surface area contributed by atoms with Crippen molar-refractivity contribution in [1.29, 1.82) is 0 Å². The third kappa shape index (κ3) is 5.35. The van der Waals surface area contributed by atoms with Crippen molar-refractivity contribution in [3.63, 3.8) is 0 Å². The molecule has 10 heteroatoms. The summed E-state index contributed by atoms with van der Waals surface area (Å²) in [5.74, 6) is 0.468. The van der Waals surface area contributed by atoms with E-state index < -0.39 is 15.6 Å². The third-order valence-electron chi connectivity index (χ3n) is 5.85. The van der Waals surface area contributed by atoms with Gasteiger partial charge in [-0.25, -0.2) is 17.7 Å². The highest BCUT2D eigenvalue weighted by molar-refractivity contribution is 7.89. The van der Waals surface area contributed by atoms with E-state index in [1.54, 1.807) is 22.7 Å². The molecule has 36 heavy (non-hydrogen) atoms. The fourth-order valence-corrected chi connectivity index (χ4v) is 5.73. The van der Waals surface area contributed by atoms with Crippen LogP contribution in [0.3, 0.4) is 0 Å². The minimum Gasteiger partial charge on any atom is -0.369 e. The van der Waals surface area contributed by atoms with E-state index in [1.807, 2.05) is 57.2 Å². The van der Waals surface area contributed by atoms with E-state index >= 15 is 0 Å². The first kappa shape index (κ1) is 24.2. The van der Waals surface area contributed by atoms with Gasteiger partial charge in [0.2, 0.25) is 16.0 Å². The lowest BCUT2D eigenvalue weighted by Gasteiger charge is -2.29. The van der Waals surface area contributed by atoms with E-state index in [0.29, 0.717) is 11.6 Å². The van der Waals surface area contributed by atoms with Gasteiger partial charge in [-0.1, -0.05) is 18.2 Å². The van der Waals surface area contributed by atoms with Crippen molar-refractivity contribution in [2.75, 3.05) is 36.4 Å². The first-order valence-electron chi connectivity index (χ1n) is 12.0. The van der Waals surface area contributed by atoms with Gasteiger partial charge in [0.05, 0.1) is 10.6 Å². The Labute approximate surface area is 211 Å². The molecule has 5 rings (SSSR count). The SMILES string of the molecule is CC(C)(C)NS(=O)(=O)c1cccc(-c2cccc3nc(Nc4ccc(N5CCNCC5)cc4)nn23)c1. The quantitative estimate of drug-likeness (QED) is 0.368. The maximum absolute atomic E-state index is 12.9. The molecule has 0 atom stereocenters. The molecule has 9 nitrogen and oxygen atoms in total. The summed E-state index contributed by atoms with van der Waals surface area (Å²) in [6.45, 7) is 9.44. The van der Waals surface area contributed by atoms with Gasteiger partial charge < -0.3 is 15.5 Å². The summed E-state index contributed by atoms with van der Waals surface area (Å²) in [6, 6.07) is 20.8. The molecule has 2 aromatic carbocycles. The zero-order valence-corrected chi connectivity index (χ0v) is 21.5. The Morgan fingerprint density at radius 1 is 0.944 bits per heavy atom. The van der Waals surface area contributed by atoms with Crippen molar-refractivity contribution in [3.05, 3.63) is 66.7 Å².